The van der Waals surface area contributed by atoms with Gasteiger partial charge in [-0.3, -0.25) is 4.90 Å². The Morgan fingerprint density at radius 3 is 2.27 bits per heavy atom. The van der Waals surface area contributed by atoms with Gasteiger partial charge in [0.1, 0.15) is 0 Å². The average Bonchev–Trinajstić information content (AvgIpc) is 2.74. The predicted octanol–water partition coefficient (Wildman–Crippen LogP) is 2.00. The predicted molar refractivity (Wildman–Crippen MR) is 63.7 cm³/mol. The van der Waals surface area contributed by atoms with E-state index in [0.29, 0.717) is 0 Å². The van der Waals surface area contributed by atoms with E-state index in [1.165, 1.54) is 37.1 Å². The van der Waals surface area contributed by atoms with Crippen molar-refractivity contribution in [2.24, 2.45) is 0 Å². The van der Waals surface area contributed by atoms with Crippen molar-refractivity contribution in [1.82, 2.24) is 10.2 Å². The van der Waals surface area contributed by atoms with E-state index in [-0.39, 0.29) is 0 Å². The molecule has 1 aliphatic rings. The summed E-state index contributed by atoms with van der Waals surface area (Å²) in [7, 11) is 1.98. The molecule has 2 heteroatoms. The van der Waals surface area contributed by atoms with Crippen molar-refractivity contribution in [3.63, 3.8) is 0 Å². The topological polar surface area (TPSA) is 15.3 Å². The number of hydrogen-bond acceptors (Lipinski definition) is 2. The molecule has 1 heterocycles. The molecule has 0 bridgehead atoms. The second-order valence-corrected chi connectivity index (χ2v) is 4.33. The SMILES string of the molecule is CNCc1ccc(CN2CCCC2)cc1. The van der Waals surface area contributed by atoms with Crippen LogP contribution in [0.15, 0.2) is 24.3 Å². The number of benzene rings is 1. The molecule has 1 aliphatic heterocycles. The van der Waals surface area contributed by atoms with Crippen molar-refractivity contribution in [3.05, 3.63) is 35.4 Å². The van der Waals surface area contributed by atoms with Crippen LogP contribution in [0.1, 0.15) is 24.0 Å². The Kier molecular flexibility index (Phi) is 3.75. The molecule has 0 saturated carbocycles. The number of rotatable bonds is 4. The Balaban J connectivity index is 1.91. The highest BCUT2D eigenvalue weighted by Gasteiger charge is 2.11. The molecular formula is C13H20N2. The molecule has 0 aromatic heterocycles. The lowest BCUT2D eigenvalue weighted by molar-refractivity contribution is 0.331. The summed E-state index contributed by atoms with van der Waals surface area (Å²) in [6, 6.07) is 8.96. The van der Waals surface area contributed by atoms with Gasteiger partial charge in [0.25, 0.3) is 0 Å². The van der Waals surface area contributed by atoms with E-state index in [1.807, 2.05) is 7.05 Å². The quantitative estimate of drug-likeness (QED) is 0.807. The Morgan fingerprint density at radius 2 is 1.67 bits per heavy atom. The Bertz CT molecular complexity index is 286. The zero-order valence-corrected chi connectivity index (χ0v) is 9.50. The fourth-order valence-corrected chi connectivity index (χ4v) is 2.17. The summed E-state index contributed by atoms with van der Waals surface area (Å²) < 4.78 is 0. The van der Waals surface area contributed by atoms with Gasteiger partial charge in [0, 0.05) is 13.1 Å². The molecule has 1 saturated heterocycles. The minimum atomic E-state index is 0.962. The van der Waals surface area contributed by atoms with Crippen LogP contribution in [0, 0.1) is 0 Å². The van der Waals surface area contributed by atoms with Gasteiger partial charge in [-0.05, 0) is 44.1 Å². The van der Waals surface area contributed by atoms with E-state index < -0.39 is 0 Å². The third-order valence-corrected chi connectivity index (χ3v) is 3.01. The van der Waals surface area contributed by atoms with E-state index in [4.69, 9.17) is 0 Å². The summed E-state index contributed by atoms with van der Waals surface area (Å²) in [6.07, 6.45) is 2.75. The van der Waals surface area contributed by atoms with E-state index in [0.717, 1.165) is 13.1 Å². The van der Waals surface area contributed by atoms with Crippen molar-refractivity contribution in [3.8, 4) is 0 Å². The van der Waals surface area contributed by atoms with Crippen LogP contribution in [-0.4, -0.2) is 25.0 Å². The van der Waals surface area contributed by atoms with Crippen molar-refractivity contribution in [1.29, 1.82) is 0 Å². The molecule has 1 aromatic rings. The van der Waals surface area contributed by atoms with Crippen LogP contribution < -0.4 is 5.32 Å². The second kappa shape index (κ2) is 5.29. The summed E-state index contributed by atoms with van der Waals surface area (Å²) in [5.74, 6) is 0. The molecule has 2 nitrogen and oxygen atoms in total. The van der Waals surface area contributed by atoms with Crippen molar-refractivity contribution in [2.75, 3.05) is 20.1 Å². The summed E-state index contributed by atoms with van der Waals surface area (Å²) in [6.45, 7) is 4.64. The first-order valence-corrected chi connectivity index (χ1v) is 5.83. The van der Waals surface area contributed by atoms with Gasteiger partial charge in [-0.15, -0.1) is 0 Å². The fourth-order valence-electron chi connectivity index (χ4n) is 2.17. The lowest BCUT2D eigenvalue weighted by atomic mass is 10.1. The molecule has 2 rings (SSSR count). The summed E-state index contributed by atoms with van der Waals surface area (Å²) in [5.41, 5.74) is 2.81. The molecule has 0 spiro atoms. The lowest BCUT2D eigenvalue weighted by Crippen LogP contribution is -2.18. The Hall–Kier alpha value is -0.860. The third-order valence-electron chi connectivity index (χ3n) is 3.01. The minimum absolute atomic E-state index is 0.962. The van der Waals surface area contributed by atoms with Gasteiger partial charge in [0.15, 0.2) is 0 Å². The van der Waals surface area contributed by atoms with E-state index in [2.05, 4.69) is 34.5 Å². The Labute approximate surface area is 92.3 Å². The van der Waals surface area contributed by atoms with E-state index in [1.54, 1.807) is 0 Å². The molecule has 0 unspecified atom stereocenters. The highest BCUT2D eigenvalue weighted by molar-refractivity contribution is 5.22. The fraction of sp³-hybridized carbons (Fsp3) is 0.538. The van der Waals surface area contributed by atoms with Crippen LogP contribution in [0.4, 0.5) is 0 Å². The monoisotopic (exact) mass is 204 g/mol. The molecule has 1 N–H and O–H groups in total. The van der Waals surface area contributed by atoms with Gasteiger partial charge in [-0.2, -0.15) is 0 Å². The molecule has 0 atom stereocenters. The third kappa shape index (κ3) is 3.05. The maximum absolute atomic E-state index is 3.17. The first kappa shape index (κ1) is 10.7. The van der Waals surface area contributed by atoms with Gasteiger partial charge >= 0.3 is 0 Å². The largest absolute Gasteiger partial charge is 0.316 e. The molecule has 1 fully saturated rings. The second-order valence-electron chi connectivity index (χ2n) is 4.33. The smallest absolute Gasteiger partial charge is 0.0233 e. The number of nitrogens with one attached hydrogen (secondary N) is 1. The highest BCUT2D eigenvalue weighted by Crippen LogP contribution is 2.13. The zero-order chi connectivity index (χ0) is 10.5. The van der Waals surface area contributed by atoms with Crippen molar-refractivity contribution >= 4 is 0 Å². The standard InChI is InChI=1S/C13H20N2/c1-14-10-12-4-6-13(7-5-12)11-15-8-2-3-9-15/h4-7,14H,2-3,8-11H2,1H3. The first-order chi connectivity index (χ1) is 7.38. The van der Waals surface area contributed by atoms with E-state index in [9.17, 15) is 0 Å². The van der Waals surface area contributed by atoms with Gasteiger partial charge in [0.2, 0.25) is 0 Å². The summed E-state index contributed by atoms with van der Waals surface area (Å²) >= 11 is 0. The number of nitrogens with zero attached hydrogens (tertiary/aromatic N) is 1. The van der Waals surface area contributed by atoms with Crippen LogP contribution in [0.25, 0.3) is 0 Å². The zero-order valence-electron chi connectivity index (χ0n) is 9.50. The normalized spacial score (nSPS) is 17.1. The average molecular weight is 204 g/mol. The van der Waals surface area contributed by atoms with Gasteiger partial charge < -0.3 is 5.32 Å². The van der Waals surface area contributed by atoms with Crippen molar-refractivity contribution < 1.29 is 0 Å². The number of hydrogen-bond donors (Lipinski definition) is 1. The maximum Gasteiger partial charge on any atom is 0.0233 e. The summed E-state index contributed by atoms with van der Waals surface area (Å²) in [4.78, 5) is 2.53. The molecule has 82 valence electrons. The highest BCUT2D eigenvalue weighted by atomic mass is 15.1. The van der Waals surface area contributed by atoms with Crippen LogP contribution in [0.5, 0.6) is 0 Å². The van der Waals surface area contributed by atoms with Gasteiger partial charge in [0.05, 0.1) is 0 Å². The first-order valence-electron chi connectivity index (χ1n) is 5.83. The summed E-state index contributed by atoms with van der Waals surface area (Å²) in [5, 5.41) is 3.17. The Morgan fingerprint density at radius 1 is 1.07 bits per heavy atom. The van der Waals surface area contributed by atoms with Crippen LogP contribution in [0.3, 0.4) is 0 Å². The molecule has 0 aliphatic carbocycles. The lowest BCUT2D eigenvalue weighted by Gasteiger charge is -2.14. The van der Waals surface area contributed by atoms with Crippen LogP contribution >= 0.6 is 0 Å². The molecular weight excluding hydrogens is 184 g/mol. The molecule has 0 radical (unpaired) electrons. The van der Waals surface area contributed by atoms with Crippen molar-refractivity contribution in [2.45, 2.75) is 25.9 Å². The number of likely N-dealkylation sites (tertiary alicyclic amines) is 1. The molecule has 0 amide bonds. The minimum Gasteiger partial charge on any atom is -0.316 e. The van der Waals surface area contributed by atoms with E-state index >= 15 is 0 Å². The molecule has 15 heavy (non-hydrogen) atoms. The van der Waals surface area contributed by atoms with Crippen LogP contribution in [0.2, 0.25) is 0 Å². The van der Waals surface area contributed by atoms with Crippen LogP contribution in [-0.2, 0) is 13.1 Å². The molecule has 1 aromatic carbocycles. The van der Waals surface area contributed by atoms with Gasteiger partial charge in [-0.1, -0.05) is 24.3 Å². The maximum atomic E-state index is 3.17. The van der Waals surface area contributed by atoms with Gasteiger partial charge in [-0.25, -0.2) is 0 Å².